The molecule has 2 rings (SSSR count). The molecule has 0 atom stereocenters. The van der Waals surface area contributed by atoms with E-state index in [1.807, 2.05) is 0 Å². The largest absolute Gasteiger partial charge is 1.00 e. The predicted octanol–water partition coefficient (Wildman–Crippen LogP) is -4.00. The molecule has 0 amide bonds. The number of halogens is 2. The van der Waals surface area contributed by atoms with E-state index in [1.165, 1.54) is 48.5 Å². The van der Waals surface area contributed by atoms with E-state index in [2.05, 4.69) is 19.6 Å². The molecule has 0 N–H and O–H groups in total. The molecule has 2 aromatic rings. The van der Waals surface area contributed by atoms with Crippen molar-refractivity contribution in [2.24, 2.45) is 0 Å². The molecule has 0 spiro atoms. The molecule has 26 heavy (non-hydrogen) atoms. The minimum Gasteiger partial charge on any atom is -0.423 e. The van der Waals surface area contributed by atoms with Gasteiger partial charge in [-0.1, -0.05) is 23.2 Å². The van der Waals surface area contributed by atoms with Gasteiger partial charge in [-0.2, -0.15) is 0 Å². The zero-order valence-electron chi connectivity index (χ0n) is 13.6. The van der Waals surface area contributed by atoms with E-state index in [9.17, 15) is 19.8 Å². The van der Waals surface area contributed by atoms with Crippen LogP contribution < -0.4 is 79.1 Å². The first-order chi connectivity index (χ1) is 11.4. The van der Waals surface area contributed by atoms with Gasteiger partial charge in [0.25, 0.3) is 12.3 Å². The van der Waals surface area contributed by atoms with E-state index in [0.29, 0.717) is 10.0 Å². The topological polar surface area (TPSA) is 117 Å². The molecule has 0 aliphatic carbocycles. The number of hydrogen-bond acceptors (Lipinski definition) is 8. The SMILES string of the molecule is O=C([O-])OOc1ccc(Cl)cc1.O=C([O-])OOc1ccc(Cl)cc1.[Na+].[Na+]. The molecule has 0 aromatic heterocycles. The molecule has 2 aromatic carbocycles. The van der Waals surface area contributed by atoms with Crippen molar-refractivity contribution in [3.05, 3.63) is 58.6 Å². The van der Waals surface area contributed by atoms with Crippen molar-refractivity contribution in [2.45, 2.75) is 0 Å². The molecule has 0 bridgehead atoms. The Morgan fingerprint density at radius 1 is 0.654 bits per heavy atom. The van der Waals surface area contributed by atoms with Crippen molar-refractivity contribution in [1.82, 2.24) is 0 Å². The first-order valence-electron chi connectivity index (χ1n) is 5.99. The van der Waals surface area contributed by atoms with Gasteiger partial charge in [-0.25, -0.2) is 0 Å². The normalized spacial score (nSPS) is 8.38. The maximum Gasteiger partial charge on any atom is 1.00 e. The maximum atomic E-state index is 9.76. The summed E-state index contributed by atoms with van der Waals surface area (Å²) in [5.41, 5.74) is 0. The van der Waals surface area contributed by atoms with Crippen LogP contribution >= 0.6 is 23.2 Å². The van der Waals surface area contributed by atoms with Gasteiger partial charge in [0, 0.05) is 10.0 Å². The van der Waals surface area contributed by atoms with Crippen LogP contribution in [0, 0.1) is 0 Å². The van der Waals surface area contributed by atoms with Crippen molar-refractivity contribution in [3.63, 3.8) is 0 Å². The summed E-state index contributed by atoms with van der Waals surface area (Å²) in [7, 11) is 0. The summed E-state index contributed by atoms with van der Waals surface area (Å²) in [6.07, 6.45) is -3.49. The average molecular weight is 421 g/mol. The predicted molar refractivity (Wildman–Crippen MR) is 77.1 cm³/mol. The number of carboxylic acid groups (broad SMARTS) is 2. The summed E-state index contributed by atoms with van der Waals surface area (Å²) < 4.78 is 0. The van der Waals surface area contributed by atoms with Crippen molar-refractivity contribution >= 4 is 35.5 Å². The Hall–Kier alpha value is -0.840. The second kappa shape index (κ2) is 15.2. The number of carbonyl (C=O) groups is 2. The summed E-state index contributed by atoms with van der Waals surface area (Å²) in [6, 6.07) is 12.0. The fourth-order valence-corrected chi connectivity index (χ4v) is 1.40. The zero-order chi connectivity index (χ0) is 17.9. The maximum absolute atomic E-state index is 9.76. The van der Waals surface area contributed by atoms with Crippen molar-refractivity contribution in [3.8, 4) is 11.5 Å². The van der Waals surface area contributed by atoms with Crippen LogP contribution in [0.15, 0.2) is 48.5 Å². The summed E-state index contributed by atoms with van der Waals surface area (Å²) in [4.78, 5) is 35.6. The molecule has 12 heteroatoms. The minimum absolute atomic E-state index is 0. The molecule has 0 heterocycles. The van der Waals surface area contributed by atoms with Gasteiger partial charge in [-0.15, -0.1) is 0 Å². The van der Waals surface area contributed by atoms with Gasteiger partial charge in [0.05, 0.1) is 0 Å². The molecule has 0 unspecified atom stereocenters. The molecule has 0 radical (unpaired) electrons. The molecule has 0 saturated heterocycles. The average Bonchev–Trinajstić information content (AvgIpc) is 2.54. The Morgan fingerprint density at radius 2 is 0.923 bits per heavy atom. The fourth-order valence-electron chi connectivity index (χ4n) is 1.14. The Labute approximate surface area is 202 Å². The third-order valence-electron chi connectivity index (χ3n) is 2.04. The van der Waals surface area contributed by atoms with Gasteiger partial charge in [0.2, 0.25) is 0 Å². The first kappa shape index (κ1) is 27.4. The van der Waals surface area contributed by atoms with Gasteiger partial charge in [-0.05, 0) is 48.5 Å². The third kappa shape index (κ3) is 13.4. The molecular formula is C14H8Cl2Na2O8. The van der Waals surface area contributed by atoms with E-state index in [-0.39, 0.29) is 70.6 Å². The fraction of sp³-hybridized carbons (Fsp3) is 0. The van der Waals surface area contributed by atoms with Crippen LogP contribution in [-0.4, -0.2) is 12.3 Å². The Kier molecular flexibility index (Phi) is 16.0. The van der Waals surface area contributed by atoms with Gasteiger partial charge < -0.3 is 39.4 Å². The van der Waals surface area contributed by atoms with Crippen molar-refractivity contribution in [1.29, 1.82) is 0 Å². The van der Waals surface area contributed by atoms with E-state index in [0.717, 1.165) is 0 Å². The van der Waals surface area contributed by atoms with E-state index in [4.69, 9.17) is 23.2 Å². The molecule has 0 saturated carbocycles. The van der Waals surface area contributed by atoms with Crippen LogP contribution in [0.4, 0.5) is 9.59 Å². The van der Waals surface area contributed by atoms with Crippen molar-refractivity contribution in [2.75, 3.05) is 0 Å². The van der Waals surface area contributed by atoms with Crippen LogP contribution in [0.25, 0.3) is 0 Å². The van der Waals surface area contributed by atoms with E-state index >= 15 is 0 Å². The van der Waals surface area contributed by atoms with E-state index < -0.39 is 12.3 Å². The monoisotopic (exact) mass is 420 g/mol. The van der Waals surface area contributed by atoms with Crippen LogP contribution in [0.5, 0.6) is 11.5 Å². The molecule has 8 nitrogen and oxygen atoms in total. The molecule has 0 aliphatic rings. The summed E-state index contributed by atoms with van der Waals surface area (Å²) in [6.45, 7) is 0. The van der Waals surface area contributed by atoms with Crippen LogP contribution in [0.3, 0.4) is 0 Å². The van der Waals surface area contributed by atoms with Gasteiger partial charge in [0.15, 0.2) is 11.5 Å². The molecule has 0 aliphatic heterocycles. The van der Waals surface area contributed by atoms with Crippen LogP contribution in [-0.2, 0) is 9.78 Å². The Bertz CT molecular complexity index is 608. The third-order valence-corrected chi connectivity index (χ3v) is 2.54. The Morgan fingerprint density at radius 3 is 1.15 bits per heavy atom. The van der Waals surface area contributed by atoms with Crippen LogP contribution in [0.2, 0.25) is 10.0 Å². The van der Waals surface area contributed by atoms with Crippen LogP contribution in [0.1, 0.15) is 0 Å². The quantitative estimate of drug-likeness (QED) is 0.279. The number of benzene rings is 2. The van der Waals surface area contributed by atoms with Crippen molar-refractivity contribution < 1.29 is 98.5 Å². The standard InChI is InChI=1S/2C7H5ClO4.2Na/c2*8-5-1-3-6(4-2-5)11-12-7(9)10;;/h2*1-4H,(H,9,10);;/q;;2*+1/p-2. The van der Waals surface area contributed by atoms with E-state index in [1.54, 1.807) is 0 Å². The molecule has 128 valence electrons. The zero-order valence-corrected chi connectivity index (χ0v) is 19.2. The van der Waals surface area contributed by atoms with Gasteiger partial charge in [0.1, 0.15) is 0 Å². The summed E-state index contributed by atoms with van der Waals surface area (Å²) in [5, 5.41) is 20.6. The first-order valence-corrected chi connectivity index (χ1v) is 6.74. The number of hydrogen-bond donors (Lipinski definition) is 0. The second-order valence-electron chi connectivity index (χ2n) is 3.74. The number of rotatable bonds is 4. The molecular weight excluding hydrogens is 413 g/mol. The van der Waals surface area contributed by atoms with Gasteiger partial charge >= 0.3 is 59.1 Å². The summed E-state index contributed by atoms with van der Waals surface area (Å²) in [5.74, 6) is 0.479. The molecule has 0 fully saturated rings. The smallest absolute Gasteiger partial charge is 0.423 e. The number of carbonyl (C=O) groups excluding carboxylic acids is 2. The second-order valence-corrected chi connectivity index (χ2v) is 4.61. The minimum atomic E-state index is -1.75. The Balaban J connectivity index is 0. The van der Waals surface area contributed by atoms with Gasteiger partial charge in [-0.3, -0.25) is 0 Å². The summed E-state index contributed by atoms with van der Waals surface area (Å²) >= 11 is 11.1.